The molecule has 108 valence electrons. The van der Waals surface area contributed by atoms with Gasteiger partial charge in [0.1, 0.15) is 11.6 Å². The summed E-state index contributed by atoms with van der Waals surface area (Å²) in [6.07, 6.45) is 0. The zero-order valence-electron chi connectivity index (χ0n) is 10.4. The van der Waals surface area contributed by atoms with E-state index < -0.39 is 23.4 Å². The Morgan fingerprint density at radius 3 is 2.70 bits per heavy atom. The Balaban J connectivity index is 2.60. The summed E-state index contributed by atoms with van der Waals surface area (Å²) in [5.41, 5.74) is -0.158. The Morgan fingerprint density at radius 1 is 1.40 bits per heavy atom. The number of rotatable bonds is 6. The molecular formula is C11H11ClN2O6. The molecule has 0 saturated carbocycles. The summed E-state index contributed by atoms with van der Waals surface area (Å²) in [5.74, 6) is -1.32. The van der Waals surface area contributed by atoms with Crippen LogP contribution in [0.4, 0.5) is 11.4 Å². The summed E-state index contributed by atoms with van der Waals surface area (Å²) in [5, 5.41) is 13.0. The lowest BCUT2D eigenvalue weighted by molar-refractivity contribution is -0.384. The van der Waals surface area contributed by atoms with Gasteiger partial charge in [0.15, 0.2) is 6.61 Å². The molecule has 0 bridgehead atoms. The Hall–Kier alpha value is -2.19. The molecule has 0 atom stereocenters. The number of nitrogens with one attached hydrogen (secondary N) is 1. The highest BCUT2D eigenvalue weighted by molar-refractivity contribution is 6.32. The number of methoxy groups -OCH3 is 1. The van der Waals surface area contributed by atoms with Gasteiger partial charge in [-0.3, -0.25) is 14.9 Å². The van der Waals surface area contributed by atoms with E-state index in [1.165, 1.54) is 19.2 Å². The van der Waals surface area contributed by atoms with Crippen molar-refractivity contribution in [3.63, 3.8) is 0 Å². The van der Waals surface area contributed by atoms with Crippen LogP contribution in [0.5, 0.6) is 0 Å². The first-order valence-corrected chi connectivity index (χ1v) is 5.70. The number of esters is 1. The van der Waals surface area contributed by atoms with Gasteiger partial charge < -0.3 is 14.8 Å². The van der Waals surface area contributed by atoms with Crippen LogP contribution in [0.2, 0.25) is 5.02 Å². The lowest BCUT2D eigenvalue weighted by atomic mass is 10.3. The van der Waals surface area contributed by atoms with Gasteiger partial charge in [0.25, 0.3) is 11.6 Å². The van der Waals surface area contributed by atoms with Crippen LogP contribution in [0.15, 0.2) is 18.2 Å². The smallest absolute Gasteiger partial charge is 0.332 e. The molecule has 20 heavy (non-hydrogen) atoms. The van der Waals surface area contributed by atoms with Crippen LogP contribution in [0, 0.1) is 10.1 Å². The molecule has 1 rings (SSSR count). The minimum absolute atomic E-state index is 0.0421. The third-order valence-corrected chi connectivity index (χ3v) is 2.37. The molecule has 0 aliphatic heterocycles. The molecule has 1 N–H and O–H groups in total. The molecule has 0 unspecified atom stereocenters. The first-order valence-electron chi connectivity index (χ1n) is 5.32. The second-order valence-corrected chi connectivity index (χ2v) is 3.97. The van der Waals surface area contributed by atoms with E-state index in [9.17, 15) is 19.7 Å². The Morgan fingerprint density at radius 2 is 2.10 bits per heavy atom. The second-order valence-electron chi connectivity index (χ2n) is 3.57. The number of carbonyl (C=O) groups is 2. The van der Waals surface area contributed by atoms with Gasteiger partial charge in [0, 0.05) is 18.9 Å². The van der Waals surface area contributed by atoms with E-state index in [0.29, 0.717) is 0 Å². The number of nitro benzene ring substituents is 1. The normalized spacial score (nSPS) is 9.90. The standard InChI is InChI=1S/C11H11ClN2O6/c1-19-6-11(16)20-5-10(15)13-7-2-3-8(12)9(4-7)14(17)18/h2-4H,5-6H2,1H3,(H,13,15). The van der Waals surface area contributed by atoms with Gasteiger partial charge in [-0.15, -0.1) is 0 Å². The van der Waals surface area contributed by atoms with Crippen molar-refractivity contribution < 1.29 is 24.0 Å². The summed E-state index contributed by atoms with van der Waals surface area (Å²) in [4.78, 5) is 32.4. The van der Waals surface area contributed by atoms with E-state index in [4.69, 9.17) is 11.6 Å². The van der Waals surface area contributed by atoms with E-state index >= 15 is 0 Å². The number of benzene rings is 1. The van der Waals surface area contributed by atoms with Crippen LogP contribution in [0.1, 0.15) is 0 Å². The van der Waals surface area contributed by atoms with Crippen LogP contribution in [-0.2, 0) is 19.1 Å². The average Bonchev–Trinajstić information content (AvgIpc) is 2.39. The Kier molecular flexibility index (Phi) is 5.88. The molecule has 0 saturated heterocycles. The molecule has 1 aromatic rings. The molecule has 0 aliphatic rings. The summed E-state index contributed by atoms with van der Waals surface area (Å²) in [6.45, 7) is -0.779. The molecule has 0 aromatic heterocycles. The molecule has 0 heterocycles. The summed E-state index contributed by atoms with van der Waals surface area (Å²) in [7, 11) is 1.31. The number of amides is 1. The monoisotopic (exact) mass is 302 g/mol. The quantitative estimate of drug-likeness (QED) is 0.483. The molecular weight excluding hydrogens is 292 g/mol. The first kappa shape index (κ1) is 15.9. The number of nitro groups is 1. The van der Waals surface area contributed by atoms with Crippen molar-refractivity contribution in [2.24, 2.45) is 0 Å². The number of anilines is 1. The minimum atomic E-state index is -0.690. The van der Waals surface area contributed by atoms with Gasteiger partial charge in [0.2, 0.25) is 0 Å². The Bertz CT molecular complexity index is 534. The van der Waals surface area contributed by atoms with Gasteiger partial charge in [-0.25, -0.2) is 4.79 Å². The van der Waals surface area contributed by atoms with Crippen LogP contribution in [0.3, 0.4) is 0 Å². The van der Waals surface area contributed by atoms with Crippen LogP contribution in [0.25, 0.3) is 0 Å². The molecule has 0 aliphatic carbocycles. The molecule has 1 aromatic carbocycles. The van der Waals surface area contributed by atoms with Crippen molar-refractivity contribution in [1.29, 1.82) is 0 Å². The maximum Gasteiger partial charge on any atom is 0.332 e. The van der Waals surface area contributed by atoms with E-state index in [0.717, 1.165) is 6.07 Å². The first-order chi connectivity index (χ1) is 9.43. The number of ether oxygens (including phenoxy) is 2. The molecule has 0 fully saturated rings. The fourth-order valence-corrected chi connectivity index (χ4v) is 1.42. The number of nitrogens with zero attached hydrogens (tertiary/aromatic N) is 1. The molecule has 8 nitrogen and oxygen atoms in total. The molecule has 0 radical (unpaired) electrons. The van der Waals surface area contributed by atoms with Crippen LogP contribution >= 0.6 is 11.6 Å². The second kappa shape index (κ2) is 7.41. The third kappa shape index (κ3) is 4.82. The molecule has 9 heteroatoms. The summed E-state index contributed by atoms with van der Waals surface area (Å²) >= 11 is 5.63. The average molecular weight is 303 g/mol. The predicted molar refractivity (Wildman–Crippen MR) is 69.6 cm³/mol. The highest BCUT2D eigenvalue weighted by Gasteiger charge is 2.14. The van der Waals surface area contributed by atoms with Gasteiger partial charge >= 0.3 is 5.97 Å². The van der Waals surface area contributed by atoms with Crippen molar-refractivity contribution in [2.45, 2.75) is 0 Å². The molecule has 0 spiro atoms. The van der Waals surface area contributed by atoms with Gasteiger partial charge in [-0.1, -0.05) is 11.6 Å². The highest BCUT2D eigenvalue weighted by Crippen LogP contribution is 2.27. The Labute approximate surface area is 118 Å². The van der Waals surface area contributed by atoms with Gasteiger partial charge in [0.05, 0.1) is 4.92 Å². The lowest BCUT2D eigenvalue weighted by Crippen LogP contribution is -2.22. The fraction of sp³-hybridized carbons (Fsp3) is 0.273. The largest absolute Gasteiger partial charge is 0.454 e. The highest BCUT2D eigenvalue weighted by atomic mass is 35.5. The van der Waals surface area contributed by atoms with E-state index in [1.54, 1.807) is 0 Å². The van der Waals surface area contributed by atoms with Crippen molar-refractivity contribution >= 4 is 34.9 Å². The van der Waals surface area contributed by atoms with E-state index in [1.807, 2.05) is 0 Å². The van der Waals surface area contributed by atoms with Crippen molar-refractivity contribution in [1.82, 2.24) is 0 Å². The zero-order chi connectivity index (χ0) is 15.1. The fourth-order valence-electron chi connectivity index (χ4n) is 1.23. The molecule has 1 amide bonds. The van der Waals surface area contributed by atoms with Gasteiger partial charge in [-0.05, 0) is 12.1 Å². The van der Waals surface area contributed by atoms with Crippen molar-refractivity contribution in [3.8, 4) is 0 Å². The maximum absolute atomic E-state index is 11.5. The summed E-state index contributed by atoms with van der Waals surface area (Å²) in [6, 6.07) is 3.79. The van der Waals surface area contributed by atoms with Crippen LogP contribution < -0.4 is 5.32 Å². The van der Waals surface area contributed by atoms with Gasteiger partial charge in [-0.2, -0.15) is 0 Å². The number of hydrogen-bond donors (Lipinski definition) is 1. The lowest BCUT2D eigenvalue weighted by Gasteiger charge is -2.06. The third-order valence-electron chi connectivity index (χ3n) is 2.05. The zero-order valence-corrected chi connectivity index (χ0v) is 11.2. The van der Waals surface area contributed by atoms with Crippen molar-refractivity contribution in [2.75, 3.05) is 25.6 Å². The summed E-state index contributed by atoms with van der Waals surface area (Å²) < 4.78 is 9.10. The van der Waals surface area contributed by atoms with E-state index in [2.05, 4.69) is 14.8 Å². The van der Waals surface area contributed by atoms with Crippen LogP contribution in [-0.4, -0.2) is 37.1 Å². The van der Waals surface area contributed by atoms with E-state index in [-0.39, 0.29) is 23.0 Å². The number of halogens is 1. The SMILES string of the molecule is COCC(=O)OCC(=O)Nc1ccc(Cl)c([N+](=O)[O-])c1. The number of carbonyl (C=O) groups excluding carboxylic acids is 2. The van der Waals surface area contributed by atoms with Crippen molar-refractivity contribution in [3.05, 3.63) is 33.3 Å². The predicted octanol–water partition coefficient (Wildman–Crippen LogP) is 1.38. The maximum atomic E-state index is 11.5. The topological polar surface area (TPSA) is 108 Å². The number of hydrogen-bond acceptors (Lipinski definition) is 6. The minimum Gasteiger partial charge on any atom is -0.454 e.